The van der Waals surface area contributed by atoms with E-state index in [9.17, 15) is 16.8 Å². The van der Waals surface area contributed by atoms with E-state index in [1.54, 1.807) is 60.7 Å². The summed E-state index contributed by atoms with van der Waals surface area (Å²) in [5, 5.41) is 1.78. The fourth-order valence-corrected chi connectivity index (χ4v) is 6.86. The second kappa shape index (κ2) is 8.45. The van der Waals surface area contributed by atoms with Crippen molar-refractivity contribution in [3.8, 4) is 0 Å². The maximum absolute atomic E-state index is 13.4. The third kappa shape index (κ3) is 4.15. The Hall–Kier alpha value is -3.36. The van der Waals surface area contributed by atoms with Gasteiger partial charge in [-0.15, -0.1) is 0 Å². The highest BCUT2D eigenvalue weighted by molar-refractivity contribution is 7.93. The highest BCUT2D eigenvalue weighted by atomic mass is 32.2. The number of rotatable bonds is 5. The van der Waals surface area contributed by atoms with Gasteiger partial charge in [-0.1, -0.05) is 54.1 Å². The number of fused-ring (bicyclic) bond motifs is 2. The number of benzene rings is 4. The molecule has 4 aromatic carbocycles. The van der Waals surface area contributed by atoms with Gasteiger partial charge in [0.25, 0.3) is 20.0 Å². The number of nitrogens with one attached hydrogen (secondary N) is 1. The van der Waals surface area contributed by atoms with Gasteiger partial charge in [0.05, 0.1) is 21.2 Å². The lowest BCUT2D eigenvalue weighted by Gasteiger charge is -2.31. The minimum Gasteiger partial charge on any atom is -0.280 e. The first-order valence-electron chi connectivity index (χ1n) is 11.0. The van der Waals surface area contributed by atoms with E-state index in [1.807, 2.05) is 31.2 Å². The summed E-state index contributed by atoms with van der Waals surface area (Å²) >= 11 is 0. The zero-order valence-corrected chi connectivity index (χ0v) is 20.2. The first kappa shape index (κ1) is 22.4. The molecule has 4 aromatic rings. The van der Waals surface area contributed by atoms with Gasteiger partial charge in [0, 0.05) is 6.54 Å². The maximum Gasteiger partial charge on any atom is 0.264 e. The Morgan fingerprint density at radius 2 is 1.47 bits per heavy atom. The van der Waals surface area contributed by atoms with Gasteiger partial charge in [-0.2, -0.15) is 0 Å². The molecule has 0 saturated carbocycles. The van der Waals surface area contributed by atoms with E-state index in [1.165, 1.54) is 4.31 Å². The van der Waals surface area contributed by atoms with Gasteiger partial charge in [0.2, 0.25) is 0 Å². The smallest absolute Gasteiger partial charge is 0.264 e. The largest absolute Gasteiger partial charge is 0.280 e. The van der Waals surface area contributed by atoms with Gasteiger partial charge in [0.1, 0.15) is 0 Å². The van der Waals surface area contributed by atoms with Crippen LogP contribution < -0.4 is 9.03 Å². The van der Waals surface area contributed by atoms with Crippen LogP contribution >= 0.6 is 0 Å². The number of hydrogen-bond donors (Lipinski definition) is 1. The Kier molecular flexibility index (Phi) is 5.58. The van der Waals surface area contributed by atoms with Crippen LogP contribution in [0.4, 0.5) is 11.4 Å². The number of nitrogens with zero attached hydrogens (tertiary/aromatic N) is 1. The van der Waals surface area contributed by atoms with E-state index < -0.39 is 20.0 Å². The second-order valence-corrected chi connectivity index (χ2v) is 12.0. The summed E-state index contributed by atoms with van der Waals surface area (Å²) in [6.07, 6.45) is 1.42. The normalized spacial score (nSPS) is 14.1. The summed E-state index contributed by atoms with van der Waals surface area (Å²) in [7, 11) is -7.63. The molecule has 34 heavy (non-hydrogen) atoms. The first-order valence-corrected chi connectivity index (χ1v) is 13.9. The van der Waals surface area contributed by atoms with E-state index in [0.29, 0.717) is 24.3 Å². The average Bonchev–Trinajstić information content (AvgIpc) is 2.83. The highest BCUT2D eigenvalue weighted by Gasteiger charge is 2.29. The second-order valence-electron chi connectivity index (χ2n) is 8.45. The molecule has 8 heteroatoms. The molecule has 0 saturated heterocycles. The molecule has 6 nitrogen and oxygen atoms in total. The van der Waals surface area contributed by atoms with E-state index in [-0.39, 0.29) is 9.79 Å². The molecule has 0 atom stereocenters. The van der Waals surface area contributed by atoms with Crippen LogP contribution in [-0.4, -0.2) is 23.4 Å². The topological polar surface area (TPSA) is 83.6 Å². The quantitative estimate of drug-likeness (QED) is 0.421. The molecule has 0 bridgehead atoms. The molecule has 0 aromatic heterocycles. The Bertz CT molecular complexity index is 1600. The molecule has 1 heterocycles. The van der Waals surface area contributed by atoms with Crippen molar-refractivity contribution in [3.05, 3.63) is 96.1 Å². The number of sulfonamides is 2. The van der Waals surface area contributed by atoms with E-state index >= 15 is 0 Å². The lowest BCUT2D eigenvalue weighted by atomic mass is 10.0. The summed E-state index contributed by atoms with van der Waals surface area (Å²) < 4.78 is 57.0. The number of aryl methyl sites for hydroxylation is 2. The third-order valence-electron chi connectivity index (χ3n) is 6.05. The van der Waals surface area contributed by atoms with Crippen LogP contribution in [0, 0.1) is 6.92 Å². The van der Waals surface area contributed by atoms with Crippen molar-refractivity contribution in [3.63, 3.8) is 0 Å². The van der Waals surface area contributed by atoms with Crippen molar-refractivity contribution < 1.29 is 16.8 Å². The minimum absolute atomic E-state index is 0.146. The van der Waals surface area contributed by atoms with Crippen LogP contribution in [0.5, 0.6) is 0 Å². The fourth-order valence-electron chi connectivity index (χ4n) is 4.24. The Morgan fingerprint density at radius 1 is 0.765 bits per heavy atom. The summed E-state index contributed by atoms with van der Waals surface area (Å²) in [5.74, 6) is 0. The Balaban J connectivity index is 1.49. The van der Waals surface area contributed by atoms with Crippen LogP contribution in [0.15, 0.2) is 94.7 Å². The first-order chi connectivity index (χ1) is 16.2. The average molecular weight is 493 g/mol. The Morgan fingerprint density at radius 3 is 2.24 bits per heavy atom. The van der Waals surface area contributed by atoms with Gasteiger partial charge >= 0.3 is 0 Å². The monoisotopic (exact) mass is 492 g/mol. The Labute approximate surface area is 200 Å². The lowest BCUT2D eigenvalue weighted by Crippen LogP contribution is -2.35. The summed E-state index contributed by atoms with van der Waals surface area (Å²) in [5.41, 5.74) is 2.67. The zero-order chi connectivity index (χ0) is 23.9. The minimum atomic E-state index is -3.86. The van der Waals surface area contributed by atoms with E-state index in [0.717, 1.165) is 28.3 Å². The molecule has 0 aliphatic carbocycles. The van der Waals surface area contributed by atoms with Crippen molar-refractivity contribution in [2.45, 2.75) is 29.6 Å². The van der Waals surface area contributed by atoms with E-state index in [2.05, 4.69) is 4.72 Å². The zero-order valence-electron chi connectivity index (χ0n) is 18.6. The van der Waals surface area contributed by atoms with E-state index in [4.69, 9.17) is 0 Å². The van der Waals surface area contributed by atoms with Gasteiger partial charge in [-0.05, 0) is 72.5 Å². The molecule has 1 aliphatic rings. The molecule has 1 aliphatic heterocycles. The summed E-state index contributed by atoms with van der Waals surface area (Å²) in [6.45, 7) is 2.24. The number of anilines is 2. The van der Waals surface area contributed by atoms with Crippen LogP contribution in [-0.2, 0) is 26.5 Å². The molecule has 174 valence electrons. The van der Waals surface area contributed by atoms with Crippen LogP contribution in [0.25, 0.3) is 10.8 Å². The van der Waals surface area contributed by atoms with Crippen molar-refractivity contribution in [1.82, 2.24) is 0 Å². The highest BCUT2D eigenvalue weighted by Crippen LogP contribution is 2.35. The summed E-state index contributed by atoms with van der Waals surface area (Å²) in [6, 6.07) is 24.3. The molecule has 1 N–H and O–H groups in total. The third-order valence-corrected chi connectivity index (χ3v) is 9.26. The standard InChI is InChI=1S/C26H24N2O4S2/c1-19-8-13-24(14-9-19)34(31,32)28-16-4-7-21-10-12-23(18-26(21)28)27-33(29,30)25-15-11-20-5-2-3-6-22(20)17-25/h2-3,5-6,8-15,17-18,27H,4,7,16H2,1H3. The van der Waals surface area contributed by atoms with Gasteiger partial charge in [-0.25, -0.2) is 16.8 Å². The van der Waals surface area contributed by atoms with Crippen LogP contribution in [0.3, 0.4) is 0 Å². The number of hydrogen-bond acceptors (Lipinski definition) is 4. The van der Waals surface area contributed by atoms with Crippen molar-refractivity contribution in [2.24, 2.45) is 0 Å². The predicted molar refractivity (Wildman–Crippen MR) is 135 cm³/mol. The predicted octanol–water partition coefficient (Wildman–Crippen LogP) is 5.09. The lowest BCUT2D eigenvalue weighted by molar-refractivity contribution is 0.586. The van der Waals surface area contributed by atoms with Gasteiger partial charge < -0.3 is 0 Å². The van der Waals surface area contributed by atoms with Crippen molar-refractivity contribution >= 4 is 42.2 Å². The van der Waals surface area contributed by atoms with Crippen molar-refractivity contribution in [2.75, 3.05) is 15.6 Å². The molecule has 0 radical (unpaired) electrons. The van der Waals surface area contributed by atoms with Crippen LogP contribution in [0.2, 0.25) is 0 Å². The van der Waals surface area contributed by atoms with Crippen molar-refractivity contribution in [1.29, 1.82) is 0 Å². The molecular weight excluding hydrogens is 468 g/mol. The summed E-state index contributed by atoms with van der Waals surface area (Å²) in [4.78, 5) is 0.362. The molecule has 0 spiro atoms. The molecule has 0 amide bonds. The van der Waals surface area contributed by atoms with Gasteiger partial charge in [-0.3, -0.25) is 9.03 Å². The maximum atomic E-state index is 13.4. The fraction of sp³-hybridized carbons (Fsp3) is 0.154. The molecule has 0 fully saturated rings. The molecular formula is C26H24N2O4S2. The molecule has 5 rings (SSSR count). The van der Waals surface area contributed by atoms with Gasteiger partial charge in [0.15, 0.2) is 0 Å². The SMILES string of the molecule is Cc1ccc(S(=O)(=O)N2CCCc3ccc(NS(=O)(=O)c4ccc5ccccc5c4)cc32)cc1. The molecule has 0 unspecified atom stereocenters. The van der Waals surface area contributed by atoms with Crippen LogP contribution in [0.1, 0.15) is 17.5 Å².